The van der Waals surface area contributed by atoms with Crippen LogP contribution >= 0.6 is 11.6 Å². The Bertz CT molecular complexity index is 78.9. The Kier molecular flexibility index (Phi) is 6.26. The molecule has 0 atom stereocenters. The zero-order valence-electron chi connectivity index (χ0n) is 2.94. The first-order valence-electron chi connectivity index (χ1n) is 1.22. The molecule has 0 aromatic carbocycles. The fourth-order valence-corrected chi connectivity index (χ4v) is 0. The van der Waals surface area contributed by atoms with Crippen molar-refractivity contribution in [3.05, 3.63) is 11.6 Å². The topological polar surface area (TPSA) is 37.3 Å². The van der Waals surface area contributed by atoms with Gasteiger partial charge in [-0.15, -0.1) is 0 Å². The molecule has 0 saturated heterocycles. The summed E-state index contributed by atoms with van der Waals surface area (Å²) in [5.41, 5.74) is 0. The Morgan fingerprint density at radius 1 is 1.71 bits per heavy atom. The Morgan fingerprint density at radius 3 is 1.86 bits per heavy atom. The molecule has 0 unspecified atom stereocenters. The Morgan fingerprint density at radius 2 is 1.86 bits per heavy atom. The van der Waals surface area contributed by atoms with Crippen molar-refractivity contribution in [2.45, 2.75) is 0 Å². The van der Waals surface area contributed by atoms with Crippen LogP contribution in [0.1, 0.15) is 0 Å². The van der Waals surface area contributed by atoms with Crippen molar-refractivity contribution < 1.29 is 9.90 Å². The SMILES string of the molecule is C=C(Cl)C(=O)O.[GaH3]. The van der Waals surface area contributed by atoms with Gasteiger partial charge in [0, 0.05) is 0 Å². The molecule has 0 saturated carbocycles. The van der Waals surface area contributed by atoms with E-state index in [1.807, 2.05) is 0 Å². The average molecular weight is 179 g/mol. The molecule has 4 heteroatoms. The molecule has 1 N–H and O–H groups in total. The Hall–Kier alpha value is 0.136. The molecule has 0 spiro atoms. The van der Waals surface area contributed by atoms with Crippen LogP contribution in [-0.4, -0.2) is 30.9 Å². The van der Waals surface area contributed by atoms with Gasteiger partial charge in [0.2, 0.25) is 0 Å². The summed E-state index contributed by atoms with van der Waals surface area (Å²) in [6.45, 7) is 2.92. The van der Waals surface area contributed by atoms with E-state index in [2.05, 4.69) is 6.58 Å². The van der Waals surface area contributed by atoms with Gasteiger partial charge in [0.1, 0.15) is 5.03 Å². The van der Waals surface area contributed by atoms with Gasteiger partial charge in [-0.25, -0.2) is 4.79 Å². The van der Waals surface area contributed by atoms with Crippen molar-refractivity contribution in [1.82, 2.24) is 0 Å². The third kappa shape index (κ3) is 6.14. The van der Waals surface area contributed by atoms with Gasteiger partial charge < -0.3 is 5.11 Å². The van der Waals surface area contributed by atoms with Crippen LogP contribution in [0.5, 0.6) is 0 Å². The second-order valence-corrected chi connectivity index (χ2v) is 1.17. The quantitative estimate of drug-likeness (QED) is 0.441. The Labute approximate surface area is 59.2 Å². The standard InChI is InChI=1S/C3H3ClO2.Ga.3H/c1-2(4)3(5)6;;;;/h1H2,(H,5,6);;;;. The maximum absolute atomic E-state index is 9.47. The van der Waals surface area contributed by atoms with Gasteiger partial charge in [0.15, 0.2) is 0 Å². The molecular weight excluding hydrogens is 173 g/mol. The van der Waals surface area contributed by atoms with Crippen molar-refractivity contribution >= 4 is 37.4 Å². The first kappa shape index (κ1) is 10.2. The van der Waals surface area contributed by atoms with Crippen LogP contribution in [0.3, 0.4) is 0 Å². The summed E-state index contributed by atoms with van der Waals surface area (Å²) >= 11 is 4.82. The number of aliphatic carboxylic acids is 1. The molecule has 0 heterocycles. The monoisotopic (exact) mass is 178 g/mol. The van der Waals surface area contributed by atoms with Gasteiger partial charge in [-0.2, -0.15) is 0 Å². The molecular formula is C3H6ClGaO2. The molecule has 0 aliphatic heterocycles. The number of hydrogen-bond acceptors (Lipinski definition) is 1. The molecule has 0 bridgehead atoms. The van der Waals surface area contributed by atoms with E-state index in [-0.39, 0.29) is 24.8 Å². The summed E-state index contributed by atoms with van der Waals surface area (Å²) in [5, 5.41) is 7.41. The summed E-state index contributed by atoms with van der Waals surface area (Å²) in [6.07, 6.45) is 0. The van der Waals surface area contributed by atoms with E-state index < -0.39 is 5.97 Å². The molecule has 7 heavy (non-hydrogen) atoms. The van der Waals surface area contributed by atoms with Crippen molar-refractivity contribution in [3.63, 3.8) is 0 Å². The van der Waals surface area contributed by atoms with Gasteiger partial charge in [-0.05, 0) is 0 Å². The Balaban J connectivity index is 0. The van der Waals surface area contributed by atoms with Crippen molar-refractivity contribution in [3.8, 4) is 0 Å². The van der Waals surface area contributed by atoms with Gasteiger partial charge in [0.05, 0.1) is 0 Å². The molecule has 0 aliphatic carbocycles. The fourth-order valence-electron chi connectivity index (χ4n) is 0. The van der Waals surface area contributed by atoms with Crippen LogP contribution < -0.4 is 0 Å². The minimum absolute atomic E-state index is 0. The molecule has 0 rings (SSSR count). The van der Waals surface area contributed by atoms with Crippen LogP contribution in [-0.2, 0) is 4.79 Å². The third-order valence-corrected chi connectivity index (χ3v) is 0.394. The normalized spacial score (nSPS) is 6.43. The van der Waals surface area contributed by atoms with E-state index in [1.54, 1.807) is 0 Å². The number of halogens is 1. The van der Waals surface area contributed by atoms with E-state index >= 15 is 0 Å². The summed E-state index contributed by atoms with van der Waals surface area (Å²) in [7, 11) is 0. The number of carboxylic acids is 1. The van der Waals surface area contributed by atoms with Gasteiger partial charge in [-0.1, -0.05) is 18.2 Å². The van der Waals surface area contributed by atoms with Crippen molar-refractivity contribution in [1.29, 1.82) is 0 Å². The van der Waals surface area contributed by atoms with Crippen LogP contribution in [0, 0.1) is 0 Å². The van der Waals surface area contributed by atoms with Crippen LogP contribution in [0.15, 0.2) is 11.6 Å². The molecule has 0 amide bonds. The molecule has 0 aromatic rings. The predicted molar refractivity (Wildman–Crippen MR) is 32.6 cm³/mol. The van der Waals surface area contributed by atoms with E-state index in [0.717, 1.165) is 0 Å². The fraction of sp³-hybridized carbons (Fsp3) is 0. The first-order valence-corrected chi connectivity index (χ1v) is 1.60. The van der Waals surface area contributed by atoms with E-state index in [4.69, 9.17) is 16.7 Å². The zero-order chi connectivity index (χ0) is 5.15. The van der Waals surface area contributed by atoms with Crippen molar-refractivity contribution in [2.24, 2.45) is 0 Å². The number of hydrogen-bond donors (Lipinski definition) is 1. The molecule has 40 valence electrons. The minimum atomic E-state index is -1.17. The third-order valence-electron chi connectivity index (χ3n) is 0.232. The zero-order valence-corrected chi connectivity index (χ0v) is 3.70. The van der Waals surface area contributed by atoms with Crippen molar-refractivity contribution in [2.75, 3.05) is 0 Å². The molecule has 2 nitrogen and oxygen atoms in total. The average Bonchev–Trinajstić information content (AvgIpc) is 1.36. The van der Waals surface area contributed by atoms with E-state index in [1.165, 1.54) is 0 Å². The second-order valence-electron chi connectivity index (χ2n) is 0.710. The van der Waals surface area contributed by atoms with Crippen LogP contribution in [0.4, 0.5) is 0 Å². The van der Waals surface area contributed by atoms with Crippen LogP contribution in [0.25, 0.3) is 0 Å². The maximum atomic E-state index is 9.47. The first-order chi connectivity index (χ1) is 2.64. The molecule has 0 fully saturated rings. The van der Waals surface area contributed by atoms with Crippen LogP contribution in [0.2, 0.25) is 0 Å². The molecule has 0 aromatic heterocycles. The summed E-state index contributed by atoms with van der Waals surface area (Å²) < 4.78 is 0. The van der Waals surface area contributed by atoms with E-state index in [9.17, 15) is 4.79 Å². The second kappa shape index (κ2) is 4.30. The number of rotatable bonds is 1. The van der Waals surface area contributed by atoms with Gasteiger partial charge >= 0.3 is 25.8 Å². The summed E-state index contributed by atoms with van der Waals surface area (Å²) in [6, 6.07) is 0. The molecule has 0 aliphatic rings. The number of carboxylic acid groups (broad SMARTS) is 1. The molecule has 0 radical (unpaired) electrons. The van der Waals surface area contributed by atoms with E-state index in [0.29, 0.717) is 0 Å². The predicted octanol–water partition coefficient (Wildman–Crippen LogP) is -0.360. The summed E-state index contributed by atoms with van der Waals surface area (Å²) in [5.74, 6) is -1.17. The number of carbonyl (C=O) groups is 1. The van der Waals surface area contributed by atoms with Gasteiger partial charge in [-0.3, -0.25) is 0 Å². The van der Waals surface area contributed by atoms with Gasteiger partial charge in [0.25, 0.3) is 0 Å². The summed E-state index contributed by atoms with van der Waals surface area (Å²) in [4.78, 5) is 9.47.